The summed E-state index contributed by atoms with van der Waals surface area (Å²) >= 11 is 0. The minimum absolute atomic E-state index is 0.202. The highest BCUT2D eigenvalue weighted by molar-refractivity contribution is 5.78. The number of anilines is 1. The van der Waals surface area contributed by atoms with Crippen LogP contribution in [0.4, 0.5) is 5.82 Å². The van der Waals surface area contributed by atoms with Crippen molar-refractivity contribution in [3.05, 3.63) is 23.5 Å². The quantitative estimate of drug-likeness (QED) is 0.912. The van der Waals surface area contributed by atoms with Crippen molar-refractivity contribution in [2.24, 2.45) is 7.05 Å². The van der Waals surface area contributed by atoms with Crippen molar-refractivity contribution >= 4 is 5.82 Å². The predicted octanol–water partition coefficient (Wildman–Crippen LogP) is 2.31. The number of nitrogens with two attached hydrogens (primary N) is 1. The number of hydrogen-bond donors (Lipinski definition) is 1. The second kappa shape index (κ2) is 4.44. The molecule has 0 fully saturated rings. The Balaban J connectivity index is 2.18. The molecule has 2 N–H and O–H groups in total. The zero-order valence-electron chi connectivity index (χ0n) is 12.2. The fraction of sp³-hybridized carbons (Fsp3) is 0.400. The molecule has 5 nitrogen and oxygen atoms in total. The number of imidazole rings is 1. The molecule has 1 atom stereocenters. The van der Waals surface area contributed by atoms with Gasteiger partial charge < -0.3 is 19.8 Å². The highest BCUT2D eigenvalue weighted by Crippen LogP contribution is 2.41. The van der Waals surface area contributed by atoms with E-state index in [0.717, 1.165) is 35.0 Å². The van der Waals surface area contributed by atoms with Gasteiger partial charge in [0.05, 0.1) is 7.11 Å². The fourth-order valence-electron chi connectivity index (χ4n) is 2.62. The number of nitrogen functional groups attached to an aromatic ring is 1. The summed E-state index contributed by atoms with van der Waals surface area (Å²) in [6, 6.07) is 4.01. The van der Waals surface area contributed by atoms with E-state index in [2.05, 4.69) is 11.9 Å². The van der Waals surface area contributed by atoms with Crippen molar-refractivity contribution in [3.63, 3.8) is 0 Å². The molecule has 2 heterocycles. The lowest BCUT2D eigenvalue weighted by atomic mass is 10.0. The standard InChI is InChI=1S/C15H19N3O2/c1-8-5-10-6-13(19-4)11(7-12(10)20-8)14-15(16)18(3)9(2)17-14/h6-8H,5,16H2,1-4H3. The van der Waals surface area contributed by atoms with Crippen LogP contribution >= 0.6 is 0 Å². The van der Waals surface area contributed by atoms with Gasteiger partial charge in [0, 0.05) is 24.6 Å². The SMILES string of the molecule is COc1cc2c(cc1-c1nc(C)n(C)c1N)OC(C)C2. The van der Waals surface area contributed by atoms with Gasteiger partial charge in [-0.15, -0.1) is 0 Å². The van der Waals surface area contributed by atoms with Crippen LogP contribution in [0.1, 0.15) is 18.3 Å². The predicted molar refractivity (Wildman–Crippen MR) is 78.1 cm³/mol. The molecule has 3 rings (SSSR count). The first-order valence-corrected chi connectivity index (χ1v) is 6.68. The number of methoxy groups -OCH3 is 1. The Labute approximate surface area is 118 Å². The van der Waals surface area contributed by atoms with E-state index in [-0.39, 0.29) is 6.10 Å². The molecule has 0 aliphatic carbocycles. The fourth-order valence-corrected chi connectivity index (χ4v) is 2.62. The van der Waals surface area contributed by atoms with E-state index < -0.39 is 0 Å². The maximum atomic E-state index is 6.14. The third-order valence-corrected chi connectivity index (χ3v) is 3.84. The lowest BCUT2D eigenvalue weighted by molar-refractivity contribution is 0.254. The van der Waals surface area contributed by atoms with E-state index in [1.807, 2.05) is 30.7 Å². The van der Waals surface area contributed by atoms with Crippen molar-refractivity contribution < 1.29 is 9.47 Å². The Morgan fingerprint density at radius 2 is 2.20 bits per heavy atom. The zero-order chi connectivity index (χ0) is 14.4. The zero-order valence-corrected chi connectivity index (χ0v) is 12.2. The topological polar surface area (TPSA) is 62.3 Å². The normalized spacial score (nSPS) is 16.9. The number of nitrogens with zero attached hydrogens (tertiary/aromatic N) is 2. The van der Waals surface area contributed by atoms with Crippen LogP contribution in [0, 0.1) is 6.92 Å². The van der Waals surface area contributed by atoms with Crippen molar-refractivity contribution in [1.29, 1.82) is 0 Å². The molecule has 20 heavy (non-hydrogen) atoms. The van der Waals surface area contributed by atoms with Crippen molar-refractivity contribution in [3.8, 4) is 22.8 Å². The van der Waals surface area contributed by atoms with E-state index in [0.29, 0.717) is 5.82 Å². The number of rotatable bonds is 2. The molecule has 1 unspecified atom stereocenters. The third-order valence-electron chi connectivity index (χ3n) is 3.84. The molecule has 1 aliphatic rings. The largest absolute Gasteiger partial charge is 0.496 e. The van der Waals surface area contributed by atoms with Crippen LogP contribution in [-0.4, -0.2) is 22.8 Å². The van der Waals surface area contributed by atoms with Crippen LogP contribution in [-0.2, 0) is 13.5 Å². The average Bonchev–Trinajstić information content (AvgIpc) is 2.90. The second-order valence-corrected chi connectivity index (χ2v) is 5.24. The van der Waals surface area contributed by atoms with Gasteiger partial charge >= 0.3 is 0 Å². The molecular weight excluding hydrogens is 254 g/mol. The lowest BCUT2D eigenvalue weighted by Gasteiger charge is -2.10. The van der Waals surface area contributed by atoms with Gasteiger partial charge in [0.2, 0.25) is 0 Å². The van der Waals surface area contributed by atoms with Crippen LogP contribution in [0.15, 0.2) is 12.1 Å². The first-order chi connectivity index (χ1) is 9.51. The van der Waals surface area contributed by atoms with Crippen molar-refractivity contribution in [2.45, 2.75) is 26.4 Å². The Kier molecular flexibility index (Phi) is 2.85. The maximum absolute atomic E-state index is 6.14. The summed E-state index contributed by atoms with van der Waals surface area (Å²) in [6.45, 7) is 3.99. The van der Waals surface area contributed by atoms with Gasteiger partial charge in [0.15, 0.2) is 0 Å². The minimum atomic E-state index is 0.202. The number of aromatic nitrogens is 2. The van der Waals surface area contributed by atoms with Crippen molar-refractivity contribution in [1.82, 2.24) is 9.55 Å². The van der Waals surface area contributed by atoms with Crippen molar-refractivity contribution in [2.75, 3.05) is 12.8 Å². The van der Waals surface area contributed by atoms with E-state index >= 15 is 0 Å². The molecule has 0 amide bonds. The number of benzene rings is 1. The van der Waals surface area contributed by atoms with Gasteiger partial charge in [0.1, 0.15) is 34.9 Å². The highest BCUT2D eigenvalue weighted by atomic mass is 16.5. The molecule has 0 spiro atoms. The summed E-state index contributed by atoms with van der Waals surface area (Å²) in [4.78, 5) is 4.54. The van der Waals surface area contributed by atoms with E-state index in [4.69, 9.17) is 15.2 Å². The highest BCUT2D eigenvalue weighted by Gasteiger charge is 2.24. The van der Waals surface area contributed by atoms with Gasteiger partial charge in [-0.3, -0.25) is 0 Å². The van der Waals surface area contributed by atoms with Crippen LogP contribution in [0.25, 0.3) is 11.3 Å². The van der Waals surface area contributed by atoms with Crippen LogP contribution in [0.3, 0.4) is 0 Å². The maximum Gasteiger partial charge on any atom is 0.131 e. The smallest absolute Gasteiger partial charge is 0.131 e. The monoisotopic (exact) mass is 273 g/mol. The summed E-state index contributed by atoms with van der Waals surface area (Å²) in [5.41, 5.74) is 8.93. The number of fused-ring (bicyclic) bond motifs is 1. The molecule has 1 aromatic heterocycles. The molecule has 0 bridgehead atoms. The summed E-state index contributed by atoms with van der Waals surface area (Å²) in [6.07, 6.45) is 1.11. The van der Waals surface area contributed by atoms with E-state index in [1.165, 1.54) is 5.56 Å². The first-order valence-electron chi connectivity index (χ1n) is 6.68. The summed E-state index contributed by atoms with van der Waals surface area (Å²) in [5.74, 6) is 3.18. The molecule has 1 aromatic carbocycles. The molecule has 5 heteroatoms. The lowest BCUT2D eigenvalue weighted by Crippen LogP contribution is -2.05. The Bertz CT molecular complexity index is 676. The number of aryl methyl sites for hydroxylation is 1. The van der Waals surface area contributed by atoms with Gasteiger partial charge in [-0.2, -0.15) is 0 Å². The molecule has 1 aliphatic heterocycles. The summed E-state index contributed by atoms with van der Waals surface area (Å²) in [5, 5.41) is 0. The van der Waals surface area contributed by atoms with Gasteiger partial charge in [-0.1, -0.05) is 0 Å². The molecule has 0 saturated carbocycles. The van der Waals surface area contributed by atoms with E-state index in [9.17, 15) is 0 Å². The summed E-state index contributed by atoms with van der Waals surface area (Å²) in [7, 11) is 3.57. The third kappa shape index (κ3) is 1.81. The average molecular weight is 273 g/mol. The molecule has 2 aromatic rings. The van der Waals surface area contributed by atoms with Gasteiger partial charge in [0.25, 0.3) is 0 Å². The Hall–Kier alpha value is -2.17. The van der Waals surface area contributed by atoms with E-state index in [1.54, 1.807) is 7.11 Å². The Morgan fingerprint density at radius 3 is 2.80 bits per heavy atom. The molecule has 0 radical (unpaired) electrons. The first kappa shape index (κ1) is 12.8. The molecule has 0 saturated heterocycles. The van der Waals surface area contributed by atoms with Crippen LogP contribution in [0.2, 0.25) is 0 Å². The Morgan fingerprint density at radius 1 is 1.45 bits per heavy atom. The second-order valence-electron chi connectivity index (χ2n) is 5.24. The van der Waals surface area contributed by atoms with Gasteiger partial charge in [-0.05, 0) is 26.0 Å². The number of ether oxygens (including phenoxy) is 2. The molecule has 106 valence electrons. The van der Waals surface area contributed by atoms with Crippen LogP contribution < -0.4 is 15.2 Å². The van der Waals surface area contributed by atoms with Gasteiger partial charge in [-0.25, -0.2) is 4.98 Å². The minimum Gasteiger partial charge on any atom is -0.496 e. The number of hydrogen-bond acceptors (Lipinski definition) is 4. The van der Waals surface area contributed by atoms with Crippen LogP contribution in [0.5, 0.6) is 11.5 Å². The summed E-state index contributed by atoms with van der Waals surface area (Å²) < 4.78 is 13.2. The molecular formula is C15H19N3O2.